The number of phosphoric acid groups is 2. The maximum Gasteiger partial charge on any atom is 0.472 e. The first-order chi connectivity index (χ1) is 50.7. The number of carbonyl (C=O) groups excluding carboxylic acids is 4. The molecular weight excluding hydrogens is 1350 g/mol. The highest BCUT2D eigenvalue weighted by atomic mass is 31.2. The van der Waals surface area contributed by atoms with Crippen LogP contribution in [0.1, 0.15) is 323 Å². The SMILES string of the molecule is CC/C=C\C/C=C\C/C=C\C/C=C\C/C=C\C/C=C\CCC(=O)OCC(COP(=O)(O)OCC(O)COP(=O)(O)OCC(COC(=O)CCC/C=C\C/C=C\C/C=C\C/C=C\C/C=C\CC)OC(=O)CCCCCCCCCCCCCCC)OC(=O)CCCCCCCCCCCCCCCCC. The second kappa shape index (κ2) is 76.4. The molecule has 0 aliphatic rings. The lowest BCUT2D eigenvalue weighted by Gasteiger charge is -2.21. The molecule has 5 atom stereocenters. The van der Waals surface area contributed by atoms with Gasteiger partial charge in [0.1, 0.15) is 19.3 Å². The molecule has 596 valence electrons. The van der Waals surface area contributed by atoms with Crippen LogP contribution in [0, 0.1) is 0 Å². The van der Waals surface area contributed by atoms with Gasteiger partial charge in [-0.1, -0.05) is 328 Å². The molecule has 0 amide bonds. The number of rotatable bonds is 75. The van der Waals surface area contributed by atoms with Crippen LogP contribution in [0.5, 0.6) is 0 Å². The van der Waals surface area contributed by atoms with Crippen LogP contribution in [0.3, 0.4) is 0 Å². The smallest absolute Gasteiger partial charge is 0.462 e. The summed E-state index contributed by atoms with van der Waals surface area (Å²) in [5.41, 5.74) is 0. The molecule has 0 fully saturated rings. The number of allylic oxidation sites excluding steroid dienone is 22. The summed E-state index contributed by atoms with van der Waals surface area (Å²) >= 11 is 0. The number of unbranched alkanes of at least 4 members (excludes halogenated alkanes) is 27. The Morgan fingerprint density at radius 1 is 0.279 bits per heavy atom. The predicted octanol–water partition coefficient (Wildman–Crippen LogP) is 23.7. The van der Waals surface area contributed by atoms with E-state index in [9.17, 15) is 43.2 Å². The number of hydrogen-bond acceptors (Lipinski definition) is 15. The van der Waals surface area contributed by atoms with Crippen molar-refractivity contribution in [3.05, 3.63) is 134 Å². The summed E-state index contributed by atoms with van der Waals surface area (Å²) in [6, 6.07) is 0. The van der Waals surface area contributed by atoms with E-state index in [1.54, 1.807) is 0 Å². The summed E-state index contributed by atoms with van der Waals surface area (Å²) < 4.78 is 68.5. The predicted molar refractivity (Wildman–Crippen MR) is 427 cm³/mol. The molecule has 0 saturated carbocycles. The Labute approximate surface area is 631 Å². The quantitative estimate of drug-likeness (QED) is 0.0169. The molecule has 19 heteroatoms. The standard InChI is InChI=1S/C85H144O17P2/c1-5-9-13-17-21-25-29-33-36-38-39-41-44-47-50-54-58-62-66-70-83(88)96-76-81(102-85(90)72-68-64-60-56-52-48-42-35-31-27-23-19-15-11-7-3)78-100-104(93,94)98-74-79(86)73-97-103(91,92)99-77-80(101-84(89)71-67-63-59-55-51-45-32-28-24-20-16-12-8-4)75-95-82(87)69-65-61-57-53-49-46-43-40-37-34-30-26-22-18-14-10-6-2/h9-10,13-14,21-22,25-26,33-34,36-37,39,41,43,46-47,50,53,57-58,62,79-81,86H,5-8,11-12,15-20,23-24,27-32,35,38,40,42,44-45,48-49,51-52,54-56,59-61,63-78H2,1-4H3,(H,91,92)(H,93,94)/b13-9-,14-10-,25-21-,26-22-,36-33-,37-34-,41-39-,46-43-,50-47-,57-53-,62-58-. The van der Waals surface area contributed by atoms with Crippen molar-refractivity contribution >= 4 is 39.5 Å². The maximum absolute atomic E-state index is 13.1. The highest BCUT2D eigenvalue weighted by Gasteiger charge is 2.30. The molecule has 0 radical (unpaired) electrons. The van der Waals surface area contributed by atoms with Crippen LogP contribution in [0.4, 0.5) is 0 Å². The Morgan fingerprint density at radius 2 is 0.519 bits per heavy atom. The van der Waals surface area contributed by atoms with Gasteiger partial charge in [0.05, 0.1) is 26.4 Å². The summed E-state index contributed by atoms with van der Waals surface area (Å²) in [6.45, 7) is 4.53. The third-order valence-corrected chi connectivity index (χ3v) is 18.6. The zero-order chi connectivity index (χ0) is 76.0. The van der Waals surface area contributed by atoms with Crippen LogP contribution in [-0.4, -0.2) is 96.7 Å². The van der Waals surface area contributed by atoms with E-state index in [1.807, 2.05) is 30.4 Å². The minimum Gasteiger partial charge on any atom is -0.462 e. The number of aliphatic hydroxyl groups is 1. The van der Waals surface area contributed by atoms with Crippen LogP contribution in [0.15, 0.2) is 134 Å². The van der Waals surface area contributed by atoms with Crippen molar-refractivity contribution in [2.75, 3.05) is 39.6 Å². The minimum atomic E-state index is -5.00. The Hall–Kier alpha value is -4.80. The Balaban J connectivity index is 5.45. The zero-order valence-electron chi connectivity index (χ0n) is 65.2. The van der Waals surface area contributed by atoms with Gasteiger partial charge in [0.15, 0.2) is 12.2 Å². The molecule has 0 rings (SSSR count). The summed E-state index contributed by atoms with van der Waals surface area (Å²) in [5, 5.41) is 10.6. The van der Waals surface area contributed by atoms with Gasteiger partial charge in [-0.05, 0) is 103 Å². The number of esters is 4. The minimum absolute atomic E-state index is 0.0348. The van der Waals surface area contributed by atoms with E-state index in [4.69, 9.17) is 37.0 Å². The van der Waals surface area contributed by atoms with Gasteiger partial charge in [-0.2, -0.15) is 0 Å². The third-order valence-electron chi connectivity index (χ3n) is 16.7. The Morgan fingerprint density at radius 3 is 0.817 bits per heavy atom. The van der Waals surface area contributed by atoms with E-state index in [0.717, 1.165) is 116 Å². The van der Waals surface area contributed by atoms with E-state index in [2.05, 4.69) is 131 Å². The van der Waals surface area contributed by atoms with Gasteiger partial charge in [-0.25, -0.2) is 9.13 Å². The van der Waals surface area contributed by atoms with Gasteiger partial charge in [-0.3, -0.25) is 37.3 Å². The van der Waals surface area contributed by atoms with Crippen LogP contribution in [0.2, 0.25) is 0 Å². The second-order valence-corrected chi connectivity index (χ2v) is 29.5. The van der Waals surface area contributed by atoms with Gasteiger partial charge in [-0.15, -0.1) is 0 Å². The van der Waals surface area contributed by atoms with Crippen LogP contribution in [0.25, 0.3) is 0 Å². The molecule has 0 heterocycles. The lowest BCUT2D eigenvalue weighted by Crippen LogP contribution is -2.30. The van der Waals surface area contributed by atoms with Crippen molar-refractivity contribution in [3.63, 3.8) is 0 Å². The van der Waals surface area contributed by atoms with E-state index in [1.165, 1.54) is 116 Å². The highest BCUT2D eigenvalue weighted by Crippen LogP contribution is 2.45. The molecule has 0 aromatic carbocycles. The molecule has 0 saturated heterocycles. The summed E-state index contributed by atoms with van der Waals surface area (Å²) in [4.78, 5) is 73.0. The molecule has 17 nitrogen and oxygen atoms in total. The molecule has 5 unspecified atom stereocenters. The Bertz CT molecular complexity index is 2490. The van der Waals surface area contributed by atoms with Crippen LogP contribution < -0.4 is 0 Å². The van der Waals surface area contributed by atoms with E-state index in [-0.39, 0.29) is 25.7 Å². The third kappa shape index (κ3) is 75.4. The molecule has 0 bridgehead atoms. The average Bonchev–Trinajstić information content (AvgIpc) is 0.911. The number of hydrogen-bond donors (Lipinski definition) is 3. The first kappa shape index (κ1) is 99.2. The summed E-state index contributed by atoms with van der Waals surface area (Å²) in [6.07, 6.45) is 85.9. The number of aliphatic hydroxyl groups excluding tert-OH is 1. The molecule has 0 aromatic heterocycles. The lowest BCUT2D eigenvalue weighted by molar-refractivity contribution is -0.161. The lowest BCUT2D eigenvalue weighted by atomic mass is 10.0. The highest BCUT2D eigenvalue weighted by molar-refractivity contribution is 7.47. The maximum atomic E-state index is 13.1. The molecule has 0 aliphatic carbocycles. The zero-order valence-corrected chi connectivity index (χ0v) is 66.9. The summed E-state index contributed by atoms with van der Waals surface area (Å²) in [7, 11) is -9.99. The first-order valence-corrected chi connectivity index (χ1v) is 43.4. The topological polar surface area (TPSA) is 237 Å². The van der Waals surface area contributed by atoms with Crippen molar-refractivity contribution in [1.29, 1.82) is 0 Å². The molecule has 104 heavy (non-hydrogen) atoms. The van der Waals surface area contributed by atoms with E-state index in [0.29, 0.717) is 38.5 Å². The van der Waals surface area contributed by atoms with Crippen molar-refractivity contribution in [2.45, 2.75) is 341 Å². The van der Waals surface area contributed by atoms with Crippen LogP contribution in [-0.2, 0) is 65.4 Å². The van der Waals surface area contributed by atoms with Crippen molar-refractivity contribution in [3.8, 4) is 0 Å². The van der Waals surface area contributed by atoms with Crippen LogP contribution >= 0.6 is 15.6 Å². The number of ether oxygens (including phenoxy) is 4. The van der Waals surface area contributed by atoms with Gasteiger partial charge >= 0.3 is 39.5 Å². The fourth-order valence-electron chi connectivity index (χ4n) is 10.6. The normalized spacial score (nSPS) is 14.6. The van der Waals surface area contributed by atoms with Gasteiger partial charge in [0.25, 0.3) is 0 Å². The number of phosphoric ester groups is 2. The van der Waals surface area contributed by atoms with Crippen molar-refractivity contribution in [2.24, 2.45) is 0 Å². The van der Waals surface area contributed by atoms with Crippen molar-refractivity contribution < 1.29 is 80.2 Å². The summed E-state index contributed by atoms with van der Waals surface area (Å²) in [5.74, 6) is -2.33. The molecule has 3 N–H and O–H groups in total. The van der Waals surface area contributed by atoms with Gasteiger partial charge in [0, 0.05) is 25.7 Å². The average molecular weight is 1500 g/mol. The molecule has 0 aliphatic heterocycles. The van der Waals surface area contributed by atoms with Crippen molar-refractivity contribution in [1.82, 2.24) is 0 Å². The fraction of sp³-hybridized carbons (Fsp3) is 0.694. The first-order valence-electron chi connectivity index (χ1n) is 40.4. The van der Waals surface area contributed by atoms with Gasteiger partial charge < -0.3 is 33.8 Å². The monoisotopic (exact) mass is 1500 g/mol. The molecular formula is C85H144O17P2. The largest absolute Gasteiger partial charge is 0.472 e. The second-order valence-electron chi connectivity index (χ2n) is 26.6. The fourth-order valence-corrected chi connectivity index (χ4v) is 12.2. The molecule has 0 aromatic rings. The number of carbonyl (C=O) groups is 4. The van der Waals surface area contributed by atoms with E-state index < -0.39 is 97.5 Å². The molecule has 0 spiro atoms. The Kier molecular flexibility index (Phi) is 72.9. The van der Waals surface area contributed by atoms with E-state index >= 15 is 0 Å². The van der Waals surface area contributed by atoms with Gasteiger partial charge in [0.2, 0.25) is 0 Å².